The summed E-state index contributed by atoms with van der Waals surface area (Å²) in [6.07, 6.45) is 2.90. The number of amides is 1. The Morgan fingerprint density at radius 1 is 1.00 bits per heavy atom. The van der Waals surface area contributed by atoms with E-state index in [1.54, 1.807) is 32.3 Å². The van der Waals surface area contributed by atoms with Crippen LogP contribution in [-0.2, 0) is 21.7 Å². The number of ether oxygens (including phenoxy) is 2. The molecule has 2 saturated carbocycles. The number of nitrogens with one attached hydrogen (secondary N) is 1. The molecule has 2 aromatic carbocycles. The average molecular weight is 629 g/mol. The van der Waals surface area contributed by atoms with Crippen LogP contribution in [-0.4, -0.2) is 42.7 Å². The van der Waals surface area contributed by atoms with Crippen molar-refractivity contribution in [2.75, 3.05) is 5.75 Å². The summed E-state index contributed by atoms with van der Waals surface area (Å²) < 4.78 is 66.4. The van der Waals surface area contributed by atoms with Gasteiger partial charge in [-0.25, -0.2) is 17.2 Å². The first kappa shape index (κ1) is 31.7. The van der Waals surface area contributed by atoms with Gasteiger partial charge in [0.2, 0.25) is 11.8 Å². The lowest BCUT2D eigenvalue weighted by Gasteiger charge is -2.36. The molecule has 44 heavy (non-hydrogen) atoms. The van der Waals surface area contributed by atoms with E-state index in [4.69, 9.17) is 9.47 Å². The first-order valence-electron chi connectivity index (χ1n) is 14.9. The number of carbonyl (C=O) groups excluding carboxylic acids is 1. The highest BCUT2D eigenvalue weighted by Crippen LogP contribution is 2.43. The van der Waals surface area contributed by atoms with E-state index in [1.165, 1.54) is 16.7 Å². The van der Waals surface area contributed by atoms with Gasteiger partial charge in [0, 0.05) is 55.2 Å². The zero-order chi connectivity index (χ0) is 31.8. The summed E-state index contributed by atoms with van der Waals surface area (Å²) in [6.45, 7) is 5.44. The Bertz CT molecular complexity index is 1700. The molecule has 1 N–H and O–H groups in total. The molecule has 0 aliphatic heterocycles. The third-order valence-corrected chi connectivity index (χ3v) is 10.3. The number of aromatic nitrogens is 1. The summed E-state index contributed by atoms with van der Waals surface area (Å²) in [6, 6.07) is 11.8. The van der Waals surface area contributed by atoms with Crippen molar-refractivity contribution in [3.8, 4) is 28.4 Å². The fourth-order valence-electron chi connectivity index (χ4n) is 5.82. The Morgan fingerprint density at radius 2 is 1.66 bits per heavy atom. The summed E-state index contributed by atoms with van der Waals surface area (Å²) in [5.41, 5.74) is 2.49. The molecule has 0 unspecified atom stereocenters. The van der Waals surface area contributed by atoms with Crippen LogP contribution in [0.4, 0.5) is 8.78 Å². The van der Waals surface area contributed by atoms with Crippen molar-refractivity contribution in [3.63, 3.8) is 0 Å². The molecule has 0 bridgehead atoms. The Kier molecular flexibility index (Phi) is 8.89. The molecule has 1 amide bonds. The molecule has 1 heterocycles. The molecule has 5 rings (SSSR count). The van der Waals surface area contributed by atoms with E-state index < -0.39 is 34.5 Å². The van der Waals surface area contributed by atoms with Gasteiger partial charge < -0.3 is 19.4 Å². The van der Waals surface area contributed by atoms with E-state index in [2.05, 4.69) is 5.32 Å². The molecule has 2 aliphatic rings. The Hall–Kier alpha value is -3.73. The quantitative estimate of drug-likeness (QED) is 0.307. The first-order valence-corrected chi connectivity index (χ1v) is 16.6. The highest BCUT2D eigenvalue weighted by Gasteiger charge is 2.49. The lowest BCUT2D eigenvalue weighted by Crippen LogP contribution is -2.49. The number of carbonyl (C=O) groups is 1. The number of pyridine rings is 1. The van der Waals surface area contributed by atoms with E-state index in [0.717, 1.165) is 11.1 Å². The van der Waals surface area contributed by atoms with Crippen molar-refractivity contribution < 1.29 is 31.5 Å². The number of rotatable bonds is 9. The maximum absolute atomic E-state index is 13.2. The van der Waals surface area contributed by atoms with Crippen molar-refractivity contribution in [2.24, 2.45) is 13.0 Å². The molecule has 0 radical (unpaired) electrons. The molecule has 1 aromatic heterocycles. The summed E-state index contributed by atoms with van der Waals surface area (Å²) in [5, 5.41) is 2.91. The Labute approximate surface area is 256 Å². The van der Waals surface area contributed by atoms with Gasteiger partial charge in [-0.05, 0) is 68.9 Å². The fourth-order valence-corrected chi connectivity index (χ4v) is 6.73. The predicted octanol–water partition coefficient (Wildman–Crippen LogP) is 6.11. The second-order valence-electron chi connectivity index (χ2n) is 11.9. The van der Waals surface area contributed by atoms with Gasteiger partial charge in [0.15, 0.2) is 9.84 Å². The summed E-state index contributed by atoms with van der Waals surface area (Å²) >= 11 is 0. The van der Waals surface area contributed by atoms with Crippen LogP contribution in [0, 0.1) is 19.8 Å². The topological polar surface area (TPSA) is 104 Å². The zero-order valence-electron chi connectivity index (χ0n) is 25.4. The van der Waals surface area contributed by atoms with Gasteiger partial charge in [-0.2, -0.15) is 0 Å². The number of hydrogen-bond acceptors (Lipinski definition) is 6. The van der Waals surface area contributed by atoms with Gasteiger partial charge in [-0.15, -0.1) is 0 Å². The van der Waals surface area contributed by atoms with Gasteiger partial charge in [0.05, 0.1) is 16.8 Å². The molecule has 0 spiro atoms. The van der Waals surface area contributed by atoms with Gasteiger partial charge in [0.1, 0.15) is 17.2 Å². The molecule has 2 fully saturated rings. The van der Waals surface area contributed by atoms with Crippen LogP contribution in [0.2, 0.25) is 0 Å². The average Bonchev–Trinajstić information content (AvgIpc) is 2.96. The summed E-state index contributed by atoms with van der Waals surface area (Å²) in [4.78, 5) is 25.3. The van der Waals surface area contributed by atoms with Gasteiger partial charge in [0.25, 0.3) is 5.56 Å². The number of halogens is 2. The number of hydrogen-bond donors (Lipinski definition) is 1. The van der Waals surface area contributed by atoms with E-state index in [-0.39, 0.29) is 34.3 Å². The number of aryl methyl sites for hydroxylation is 3. The minimum Gasteiger partial charge on any atom is -0.490 e. The lowest BCUT2D eigenvalue weighted by atomic mass is 9.80. The molecule has 236 valence electrons. The second kappa shape index (κ2) is 12.3. The van der Waals surface area contributed by atoms with Crippen LogP contribution in [0.1, 0.15) is 56.6 Å². The van der Waals surface area contributed by atoms with Crippen molar-refractivity contribution in [1.82, 2.24) is 9.88 Å². The third-order valence-electron chi connectivity index (χ3n) is 8.57. The van der Waals surface area contributed by atoms with Crippen LogP contribution in [0.25, 0.3) is 11.1 Å². The van der Waals surface area contributed by atoms with Crippen LogP contribution in [0.3, 0.4) is 0 Å². The zero-order valence-corrected chi connectivity index (χ0v) is 26.2. The van der Waals surface area contributed by atoms with Crippen molar-refractivity contribution in [1.29, 1.82) is 0 Å². The lowest BCUT2D eigenvalue weighted by molar-refractivity contribution is -0.151. The standard InChI is InChI=1S/C33H38F2N2O6S/c1-5-44(40,41)25-13-14-28(43-31-20(2)7-6-8-21(31)3)26(15-25)27-19-37(4)30(38)16-29(27)42-24-11-9-23(10-12-24)36-32(39)22-17-33(34,35)18-22/h6-8,13-16,19,22-24H,5,9-12,17-18H2,1-4H3,(H,36,39)/t23-,24-. The molecule has 3 aromatic rings. The van der Waals surface area contributed by atoms with Gasteiger partial charge in [-0.1, -0.05) is 25.1 Å². The molecule has 0 atom stereocenters. The van der Waals surface area contributed by atoms with Crippen molar-refractivity contribution in [3.05, 3.63) is 70.1 Å². The molecule has 0 saturated heterocycles. The molecular weight excluding hydrogens is 590 g/mol. The van der Waals surface area contributed by atoms with E-state index in [9.17, 15) is 26.8 Å². The highest BCUT2D eigenvalue weighted by atomic mass is 32.2. The summed E-state index contributed by atoms with van der Waals surface area (Å²) in [7, 11) is -1.95. The number of nitrogens with zero attached hydrogens (tertiary/aromatic N) is 1. The van der Waals surface area contributed by atoms with Crippen LogP contribution >= 0.6 is 0 Å². The maximum atomic E-state index is 13.2. The fraction of sp³-hybridized carbons (Fsp3) is 0.455. The van der Waals surface area contributed by atoms with Crippen LogP contribution in [0.15, 0.2) is 58.4 Å². The predicted molar refractivity (Wildman–Crippen MR) is 163 cm³/mol. The molecule has 11 heteroatoms. The largest absolute Gasteiger partial charge is 0.490 e. The minimum absolute atomic E-state index is 0.0802. The van der Waals surface area contributed by atoms with Gasteiger partial charge in [-0.3, -0.25) is 9.59 Å². The van der Waals surface area contributed by atoms with E-state index in [1.807, 2.05) is 32.0 Å². The van der Waals surface area contributed by atoms with E-state index >= 15 is 0 Å². The number of benzene rings is 2. The Balaban J connectivity index is 1.43. The van der Waals surface area contributed by atoms with E-state index in [0.29, 0.717) is 54.1 Å². The number of para-hydroxylation sites is 1. The normalized spacial score (nSPS) is 20.0. The first-order chi connectivity index (χ1) is 20.8. The SMILES string of the molecule is CCS(=O)(=O)c1ccc(Oc2c(C)cccc2C)c(-c2cn(C)c(=O)cc2O[C@H]2CC[C@H](NC(=O)C3CC(F)(F)C3)CC2)c1. The monoisotopic (exact) mass is 628 g/mol. The maximum Gasteiger partial charge on any atom is 0.254 e. The third kappa shape index (κ3) is 6.82. The smallest absolute Gasteiger partial charge is 0.254 e. The number of sulfone groups is 1. The number of alkyl halides is 2. The van der Waals surface area contributed by atoms with Crippen LogP contribution in [0.5, 0.6) is 17.2 Å². The van der Waals surface area contributed by atoms with Crippen molar-refractivity contribution in [2.45, 2.75) is 82.3 Å². The van der Waals surface area contributed by atoms with Crippen LogP contribution < -0.4 is 20.3 Å². The van der Waals surface area contributed by atoms with Gasteiger partial charge >= 0.3 is 0 Å². The highest BCUT2D eigenvalue weighted by molar-refractivity contribution is 7.91. The summed E-state index contributed by atoms with van der Waals surface area (Å²) in [5.74, 6) is -2.44. The second-order valence-corrected chi connectivity index (χ2v) is 14.2. The Morgan fingerprint density at radius 3 is 2.27 bits per heavy atom. The van der Waals surface area contributed by atoms with Crippen molar-refractivity contribution >= 4 is 15.7 Å². The molecule has 2 aliphatic carbocycles. The molecular formula is C33H38F2N2O6S. The molecule has 8 nitrogen and oxygen atoms in total. The minimum atomic E-state index is -3.56.